The van der Waals surface area contributed by atoms with Crippen LogP contribution >= 0.6 is 23.1 Å². The van der Waals surface area contributed by atoms with Gasteiger partial charge < -0.3 is 9.47 Å². The highest BCUT2D eigenvalue weighted by molar-refractivity contribution is 7.99. The van der Waals surface area contributed by atoms with E-state index in [2.05, 4.69) is 24.0 Å². The van der Waals surface area contributed by atoms with Crippen LogP contribution in [0.5, 0.6) is 0 Å². The highest BCUT2D eigenvalue weighted by Crippen LogP contribution is 2.37. The zero-order valence-corrected chi connectivity index (χ0v) is 20.9. The first-order valence-corrected chi connectivity index (χ1v) is 13.1. The lowest BCUT2D eigenvalue weighted by Gasteiger charge is -2.26. The lowest BCUT2D eigenvalue weighted by molar-refractivity contribution is -0.139. The first kappa shape index (κ1) is 23.1. The number of esters is 1. The van der Waals surface area contributed by atoms with Gasteiger partial charge in [-0.05, 0) is 24.0 Å². The van der Waals surface area contributed by atoms with Crippen molar-refractivity contribution in [2.75, 3.05) is 12.4 Å². The Morgan fingerprint density at radius 2 is 2.09 bits per heavy atom. The van der Waals surface area contributed by atoms with Crippen molar-refractivity contribution in [3.8, 4) is 0 Å². The molecule has 0 spiro atoms. The van der Waals surface area contributed by atoms with Crippen molar-refractivity contribution in [1.29, 1.82) is 0 Å². The molecule has 0 radical (unpaired) electrons. The molecule has 1 aliphatic heterocycles. The SMILES string of the molecule is CCOC(=O)CSc1nnc2n(Cc3ccccc3)c(=O)c3c4c(sc3n12)COC(C(C)C)C4. The van der Waals surface area contributed by atoms with Crippen molar-refractivity contribution in [3.63, 3.8) is 0 Å². The number of fused-ring (bicyclic) bond motifs is 5. The van der Waals surface area contributed by atoms with Gasteiger partial charge in [-0.1, -0.05) is 55.9 Å². The highest BCUT2D eigenvalue weighted by Gasteiger charge is 2.30. The van der Waals surface area contributed by atoms with E-state index in [0.717, 1.165) is 20.8 Å². The second-order valence-corrected chi connectivity index (χ2v) is 10.6. The minimum atomic E-state index is -0.309. The largest absolute Gasteiger partial charge is 0.465 e. The summed E-state index contributed by atoms with van der Waals surface area (Å²) in [6, 6.07) is 9.85. The van der Waals surface area contributed by atoms with Crippen molar-refractivity contribution >= 4 is 45.1 Å². The minimum Gasteiger partial charge on any atom is -0.465 e. The van der Waals surface area contributed by atoms with Gasteiger partial charge in [0.25, 0.3) is 5.56 Å². The lowest BCUT2D eigenvalue weighted by Crippen LogP contribution is -2.28. The van der Waals surface area contributed by atoms with E-state index in [1.54, 1.807) is 22.8 Å². The van der Waals surface area contributed by atoms with Crippen molar-refractivity contribution in [2.24, 2.45) is 5.92 Å². The zero-order valence-electron chi connectivity index (χ0n) is 19.3. The molecule has 0 saturated carbocycles. The van der Waals surface area contributed by atoms with E-state index in [4.69, 9.17) is 9.47 Å². The summed E-state index contributed by atoms with van der Waals surface area (Å²) in [5, 5.41) is 10.0. The third-order valence-corrected chi connectivity index (χ3v) is 8.07. The summed E-state index contributed by atoms with van der Waals surface area (Å²) >= 11 is 2.82. The molecule has 0 N–H and O–H groups in total. The van der Waals surface area contributed by atoms with E-state index in [1.165, 1.54) is 11.8 Å². The van der Waals surface area contributed by atoms with Crippen LogP contribution in [0.15, 0.2) is 40.3 Å². The molecule has 1 aliphatic rings. The molecule has 10 heteroatoms. The average Bonchev–Trinajstić information content (AvgIpc) is 3.42. The predicted octanol–water partition coefficient (Wildman–Crippen LogP) is 3.91. The molecule has 1 aromatic carbocycles. The summed E-state index contributed by atoms with van der Waals surface area (Å²) in [6.07, 6.45) is 0.772. The molecule has 4 heterocycles. The highest BCUT2D eigenvalue weighted by atomic mass is 32.2. The van der Waals surface area contributed by atoms with Crippen LogP contribution in [0.25, 0.3) is 16.0 Å². The number of hydrogen-bond acceptors (Lipinski definition) is 8. The van der Waals surface area contributed by atoms with Crippen LogP contribution in [0.2, 0.25) is 0 Å². The van der Waals surface area contributed by atoms with Gasteiger partial charge in [0.2, 0.25) is 5.78 Å². The van der Waals surface area contributed by atoms with E-state index in [1.807, 2.05) is 34.7 Å². The van der Waals surface area contributed by atoms with Crippen LogP contribution in [0.4, 0.5) is 0 Å². The maximum absolute atomic E-state index is 13.9. The molecular weight excluding hydrogens is 472 g/mol. The van der Waals surface area contributed by atoms with Crippen molar-refractivity contribution in [3.05, 3.63) is 56.7 Å². The van der Waals surface area contributed by atoms with Gasteiger partial charge in [-0.25, -0.2) is 4.40 Å². The smallest absolute Gasteiger partial charge is 0.316 e. The number of benzene rings is 1. The third kappa shape index (κ3) is 4.14. The van der Waals surface area contributed by atoms with Crippen LogP contribution < -0.4 is 5.56 Å². The van der Waals surface area contributed by atoms with Gasteiger partial charge in [0.1, 0.15) is 4.83 Å². The summed E-state index contributed by atoms with van der Waals surface area (Å²) in [6.45, 7) is 7.26. The quantitative estimate of drug-likeness (QED) is 0.282. The molecule has 178 valence electrons. The van der Waals surface area contributed by atoms with Crippen molar-refractivity contribution in [1.82, 2.24) is 19.2 Å². The van der Waals surface area contributed by atoms with Gasteiger partial charge in [-0.15, -0.1) is 21.5 Å². The van der Waals surface area contributed by atoms with Crippen LogP contribution in [0, 0.1) is 5.92 Å². The maximum Gasteiger partial charge on any atom is 0.316 e. The predicted molar refractivity (Wildman–Crippen MR) is 133 cm³/mol. The Hall–Kier alpha value is -2.69. The summed E-state index contributed by atoms with van der Waals surface area (Å²) in [5.41, 5.74) is 2.00. The Bertz CT molecular complexity index is 1410. The number of nitrogens with zero attached hydrogens (tertiary/aromatic N) is 4. The topological polar surface area (TPSA) is 87.7 Å². The van der Waals surface area contributed by atoms with Gasteiger partial charge in [0.05, 0.1) is 37.0 Å². The Labute approximate surface area is 204 Å². The van der Waals surface area contributed by atoms with E-state index in [-0.39, 0.29) is 23.4 Å². The lowest BCUT2D eigenvalue weighted by atomic mass is 9.96. The van der Waals surface area contributed by atoms with Crippen LogP contribution in [0.3, 0.4) is 0 Å². The van der Waals surface area contributed by atoms with Crippen LogP contribution in [-0.2, 0) is 33.8 Å². The molecule has 5 rings (SSSR count). The molecule has 0 fully saturated rings. The number of thioether (sulfide) groups is 1. The van der Waals surface area contributed by atoms with E-state index in [9.17, 15) is 9.59 Å². The first-order chi connectivity index (χ1) is 16.5. The Morgan fingerprint density at radius 1 is 1.29 bits per heavy atom. The minimum absolute atomic E-state index is 0.0670. The average molecular weight is 499 g/mol. The molecule has 1 atom stereocenters. The van der Waals surface area contributed by atoms with Gasteiger partial charge >= 0.3 is 5.97 Å². The Morgan fingerprint density at radius 3 is 2.82 bits per heavy atom. The van der Waals surface area contributed by atoms with Gasteiger partial charge in [0.15, 0.2) is 5.16 Å². The Kier molecular flexibility index (Phi) is 6.46. The van der Waals surface area contributed by atoms with E-state index < -0.39 is 0 Å². The summed E-state index contributed by atoms with van der Waals surface area (Å²) in [4.78, 5) is 27.7. The number of carbonyl (C=O) groups is 1. The van der Waals surface area contributed by atoms with Crippen molar-refractivity contribution < 1.29 is 14.3 Å². The number of hydrogen-bond donors (Lipinski definition) is 0. The molecule has 34 heavy (non-hydrogen) atoms. The zero-order chi connectivity index (χ0) is 23.8. The fourth-order valence-electron chi connectivity index (χ4n) is 4.25. The van der Waals surface area contributed by atoms with Crippen molar-refractivity contribution in [2.45, 2.75) is 51.6 Å². The summed E-state index contributed by atoms with van der Waals surface area (Å²) < 4.78 is 14.8. The van der Waals surface area contributed by atoms with Gasteiger partial charge in [0, 0.05) is 11.3 Å². The number of thiophene rings is 1. The van der Waals surface area contributed by atoms with Crippen LogP contribution in [-0.4, -0.2) is 43.6 Å². The third-order valence-electron chi connectivity index (χ3n) is 5.98. The maximum atomic E-state index is 13.9. The van der Waals surface area contributed by atoms with E-state index >= 15 is 0 Å². The van der Waals surface area contributed by atoms with Crippen LogP contribution in [0.1, 0.15) is 36.8 Å². The monoisotopic (exact) mass is 498 g/mol. The molecule has 0 saturated heterocycles. The molecular formula is C24H26N4O4S2. The number of carbonyl (C=O) groups excluding carboxylic acids is 1. The molecule has 4 aromatic rings. The van der Waals surface area contributed by atoms with E-state index in [0.29, 0.717) is 48.4 Å². The van der Waals surface area contributed by atoms with Gasteiger partial charge in [-0.2, -0.15) is 0 Å². The summed E-state index contributed by atoms with van der Waals surface area (Å²) in [7, 11) is 0. The molecule has 0 amide bonds. The normalized spacial score (nSPS) is 15.8. The molecule has 3 aromatic heterocycles. The number of rotatable bonds is 7. The molecule has 0 bridgehead atoms. The Balaban J connectivity index is 1.70. The first-order valence-electron chi connectivity index (χ1n) is 11.3. The number of aromatic nitrogens is 4. The molecule has 8 nitrogen and oxygen atoms in total. The molecule has 1 unspecified atom stereocenters. The molecule has 0 aliphatic carbocycles. The summed E-state index contributed by atoms with van der Waals surface area (Å²) in [5.74, 6) is 0.630. The second kappa shape index (κ2) is 9.52. The fraction of sp³-hybridized carbons (Fsp3) is 0.417. The standard InChI is InChI=1S/C24H26N4O4S2/c1-4-31-19(29)13-33-24-26-25-23-27(11-15-8-6-5-7-9-15)21(30)20-16-10-17(14(2)3)32-12-18(16)34-22(20)28(23)24/h5-9,14,17H,4,10-13H2,1-3H3. The second-order valence-electron chi connectivity index (χ2n) is 8.57. The fourth-order valence-corrected chi connectivity index (χ4v) is 6.28. The van der Waals surface area contributed by atoms with Gasteiger partial charge in [-0.3, -0.25) is 14.2 Å². The number of ether oxygens (including phenoxy) is 2.